The normalized spacial score (nSPS) is 15.3. The second-order valence-electron chi connectivity index (χ2n) is 8.72. The smallest absolute Gasteiger partial charge is 0.304 e. The predicted octanol–water partition coefficient (Wildman–Crippen LogP) is 2.79. The lowest BCUT2D eigenvalue weighted by Gasteiger charge is -2.17. The number of carbonyl (C=O) groups is 1. The van der Waals surface area contributed by atoms with Crippen LogP contribution in [0.5, 0.6) is 5.75 Å². The Hall–Kier alpha value is -3.49. The number of tetrazole rings is 1. The molecular weight excluding hydrogens is 420 g/mol. The highest BCUT2D eigenvalue weighted by Crippen LogP contribution is 2.31. The number of carboxylic acid groups (broad SMARTS) is 1. The minimum atomic E-state index is -0.853. The Morgan fingerprint density at radius 2 is 2.09 bits per heavy atom. The SMILES string of the molecule is O=C(O)CC(Cn1nnc(CCCc2ccc3c(n2)NCCC3)n1)c1ccc2c(c1)OCC2. The van der Waals surface area contributed by atoms with E-state index in [0.29, 0.717) is 25.4 Å². The van der Waals surface area contributed by atoms with Crippen LogP contribution < -0.4 is 10.1 Å². The zero-order valence-corrected chi connectivity index (χ0v) is 18.5. The summed E-state index contributed by atoms with van der Waals surface area (Å²) < 4.78 is 5.65. The highest BCUT2D eigenvalue weighted by molar-refractivity contribution is 5.68. The molecule has 4 heterocycles. The molecule has 0 bridgehead atoms. The van der Waals surface area contributed by atoms with Crippen LogP contribution in [-0.2, 0) is 37.0 Å². The van der Waals surface area contributed by atoms with E-state index in [-0.39, 0.29) is 12.3 Å². The van der Waals surface area contributed by atoms with Gasteiger partial charge in [-0.25, -0.2) is 4.98 Å². The maximum absolute atomic E-state index is 11.5. The van der Waals surface area contributed by atoms with Crippen molar-refractivity contribution < 1.29 is 14.6 Å². The van der Waals surface area contributed by atoms with Crippen molar-refractivity contribution in [1.82, 2.24) is 25.2 Å². The van der Waals surface area contributed by atoms with Gasteiger partial charge in [0.15, 0.2) is 5.82 Å². The predicted molar refractivity (Wildman–Crippen MR) is 122 cm³/mol. The van der Waals surface area contributed by atoms with Crippen molar-refractivity contribution in [2.45, 2.75) is 57.4 Å². The summed E-state index contributed by atoms with van der Waals surface area (Å²) in [6.07, 6.45) is 5.55. The first-order valence-electron chi connectivity index (χ1n) is 11.6. The minimum absolute atomic E-state index is 0.00626. The first-order chi connectivity index (χ1) is 16.1. The number of nitrogens with zero attached hydrogens (tertiary/aromatic N) is 5. The fourth-order valence-corrected chi connectivity index (χ4v) is 4.52. The van der Waals surface area contributed by atoms with E-state index < -0.39 is 5.97 Å². The standard InChI is InChI=1S/C24H28N6O3/c31-23(32)14-19(18-7-6-16-10-12-33-21(16)13-18)15-30-28-22(27-29-30)5-1-4-20-9-8-17-3-2-11-25-24(17)26-20/h6-9,13,19H,1-5,10-12,14-15H2,(H,25,26)(H,31,32). The quantitative estimate of drug-likeness (QED) is 0.514. The molecule has 0 saturated heterocycles. The van der Waals surface area contributed by atoms with Gasteiger partial charge in [-0.15, -0.1) is 10.2 Å². The molecule has 3 aromatic rings. The Kier molecular flexibility index (Phi) is 6.19. The highest BCUT2D eigenvalue weighted by atomic mass is 16.5. The van der Waals surface area contributed by atoms with Gasteiger partial charge in [-0.3, -0.25) is 4.79 Å². The van der Waals surface area contributed by atoms with E-state index in [4.69, 9.17) is 9.72 Å². The monoisotopic (exact) mass is 448 g/mol. The Morgan fingerprint density at radius 3 is 3.00 bits per heavy atom. The molecule has 1 unspecified atom stereocenters. The number of hydrogen-bond donors (Lipinski definition) is 2. The molecular formula is C24H28N6O3. The molecule has 5 rings (SSSR count). The Balaban J connectivity index is 1.19. The summed E-state index contributed by atoms with van der Waals surface area (Å²) in [5.41, 5.74) is 4.44. The van der Waals surface area contributed by atoms with Gasteiger partial charge < -0.3 is 15.2 Å². The molecule has 0 amide bonds. The number of nitrogens with one attached hydrogen (secondary N) is 1. The molecule has 0 aliphatic carbocycles. The molecule has 9 heteroatoms. The van der Waals surface area contributed by atoms with Crippen molar-refractivity contribution in [3.63, 3.8) is 0 Å². The van der Waals surface area contributed by atoms with Crippen LogP contribution in [0.4, 0.5) is 5.82 Å². The van der Waals surface area contributed by atoms with Gasteiger partial charge in [0.25, 0.3) is 0 Å². The Bertz CT molecular complexity index is 1140. The first kappa shape index (κ1) is 21.4. The van der Waals surface area contributed by atoms with Crippen LogP contribution >= 0.6 is 0 Å². The van der Waals surface area contributed by atoms with Gasteiger partial charge in [-0.05, 0) is 59.7 Å². The van der Waals surface area contributed by atoms with Crippen LogP contribution in [0.25, 0.3) is 0 Å². The van der Waals surface area contributed by atoms with E-state index in [9.17, 15) is 9.90 Å². The van der Waals surface area contributed by atoms with Crippen molar-refractivity contribution in [2.24, 2.45) is 0 Å². The third kappa shape index (κ3) is 5.13. The number of rotatable bonds is 9. The lowest BCUT2D eigenvalue weighted by atomic mass is 9.94. The topological polar surface area (TPSA) is 115 Å². The van der Waals surface area contributed by atoms with Crippen molar-refractivity contribution >= 4 is 11.8 Å². The van der Waals surface area contributed by atoms with Crippen molar-refractivity contribution in [3.05, 3.63) is 58.5 Å². The summed E-state index contributed by atoms with van der Waals surface area (Å²) in [5, 5.41) is 25.6. The van der Waals surface area contributed by atoms with E-state index in [0.717, 1.165) is 67.0 Å². The zero-order chi connectivity index (χ0) is 22.6. The summed E-state index contributed by atoms with van der Waals surface area (Å²) in [5.74, 6) is 1.42. The van der Waals surface area contributed by atoms with Crippen molar-refractivity contribution in [3.8, 4) is 5.75 Å². The van der Waals surface area contributed by atoms with Gasteiger partial charge >= 0.3 is 5.97 Å². The fourth-order valence-electron chi connectivity index (χ4n) is 4.52. The van der Waals surface area contributed by atoms with Crippen LogP contribution in [0.15, 0.2) is 30.3 Å². The molecule has 0 radical (unpaired) electrons. The number of carboxylic acids is 1. The van der Waals surface area contributed by atoms with Crippen LogP contribution in [-0.4, -0.2) is 49.4 Å². The molecule has 172 valence electrons. The molecule has 0 saturated carbocycles. The minimum Gasteiger partial charge on any atom is -0.493 e. The van der Waals surface area contributed by atoms with Gasteiger partial charge in [0, 0.05) is 31.0 Å². The summed E-state index contributed by atoms with van der Waals surface area (Å²) in [6.45, 7) is 2.02. The van der Waals surface area contributed by atoms with Gasteiger partial charge in [0.05, 0.1) is 19.6 Å². The molecule has 0 spiro atoms. The van der Waals surface area contributed by atoms with E-state index >= 15 is 0 Å². The Morgan fingerprint density at radius 1 is 1.18 bits per heavy atom. The van der Waals surface area contributed by atoms with Crippen LogP contribution in [0.1, 0.15) is 53.4 Å². The lowest BCUT2D eigenvalue weighted by Crippen LogP contribution is -2.16. The molecule has 0 fully saturated rings. The van der Waals surface area contributed by atoms with Gasteiger partial charge in [0.1, 0.15) is 11.6 Å². The summed E-state index contributed by atoms with van der Waals surface area (Å²) in [6, 6.07) is 10.2. The van der Waals surface area contributed by atoms with Crippen molar-refractivity contribution in [2.75, 3.05) is 18.5 Å². The average molecular weight is 449 g/mol. The second-order valence-corrected chi connectivity index (χ2v) is 8.72. The zero-order valence-electron chi connectivity index (χ0n) is 18.5. The van der Waals surface area contributed by atoms with Crippen LogP contribution in [0, 0.1) is 0 Å². The summed E-state index contributed by atoms with van der Waals surface area (Å²) in [7, 11) is 0. The third-order valence-corrected chi connectivity index (χ3v) is 6.28. The fraction of sp³-hybridized carbons (Fsp3) is 0.458. The number of aryl methyl sites for hydroxylation is 3. The van der Waals surface area contributed by atoms with Gasteiger partial charge in [-0.1, -0.05) is 18.2 Å². The number of ether oxygens (including phenoxy) is 1. The molecule has 1 aromatic carbocycles. The summed E-state index contributed by atoms with van der Waals surface area (Å²) >= 11 is 0. The summed E-state index contributed by atoms with van der Waals surface area (Å²) in [4.78, 5) is 17.7. The number of fused-ring (bicyclic) bond motifs is 2. The number of hydrogen-bond acceptors (Lipinski definition) is 7. The van der Waals surface area contributed by atoms with E-state index in [1.165, 1.54) is 10.4 Å². The van der Waals surface area contributed by atoms with Gasteiger partial charge in [0.2, 0.25) is 0 Å². The Labute approximate surface area is 192 Å². The largest absolute Gasteiger partial charge is 0.493 e. The molecule has 9 nitrogen and oxygen atoms in total. The number of aliphatic carboxylic acids is 1. The molecule has 1 atom stereocenters. The molecule has 2 N–H and O–H groups in total. The number of pyridine rings is 1. The maximum atomic E-state index is 11.5. The van der Waals surface area contributed by atoms with Crippen molar-refractivity contribution in [1.29, 1.82) is 0 Å². The highest BCUT2D eigenvalue weighted by Gasteiger charge is 2.21. The molecule has 2 aliphatic rings. The maximum Gasteiger partial charge on any atom is 0.304 e. The molecule has 2 aliphatic heterocycles. The molecule has 2 aromatic heterocycles. The van der Waals surface area contributed by atoms with Gasteiger partial charge in [-0.2, -0.15) is 4.80 Å². The van der Waals surface area contributed by atoms with E-state index in [2.05, 4.69) is 32.9 Å². The average Bonchev–Trinajstić information content (AvgIpc) is 3.47. The molecule has 33 heavy (non-hydrogen) atoms. The van der Waals surface area contributed by atoms with E-state index in [1.54, 1.807) is 0 Å². The number of anilines is 1. The number of benzene rings is 1. The van der Waals surface area contributed by atoms with E-state index in [1.807, 2.05) is 18.2 Å². The van der Waals surface area contributed by atoms with Crippen LogP contribution in [0.3, 0.4) is 0 Å². The third-order valence-electron chi connectivity index (χ3n) is 6.28. The first-order valence-corrected chi connectivity index (χ1v) is 11.6. The number of aromatic nitrogens is 5. The second kappa shape index (κ2) is 9.56. The van der Waals surface area contributed by atoms with Crippen LogP contribution in [0.2, 0.25) is 0 Å². The lowest BCUT2D eigenvalue weighted by molar-refractivity contribution is -0.137.